The lowest BCUT2D eigenvalue weighted by atomic mass is 10.1. The zero-order chi connectivity index (χ0) is 25.2. The van der Waals surface area contributed by atoms with Crippen molar-refractivity contribution in [3.8, 4) is 11.5 Å². The number of carbonyl (C=O) groups is 1. The summed E-state index contributed by atoms with van der Waals surface area (Å²) in [5.41, 5.74) is 3.06. The molecule has 35 heavy (non-hydrogen) atoms. The minimum Gasteiger partial charge on any atom is -0.490 e. The number of nitrogens with one attached hydrogen (secondary N) is 1. The third kappa shape index (κ3) is 5.46. The van der Waals surface area contributed by atoms with E-state index < -0.39 is 15.7 Å². The van der Waals surface area contributed by atoms with E-state index in [0.717, 1.165) is 22.5 Å². The number of aliphatic imine (C=N–C) groups is 1. The molecular formula is C24H24N4O5S2. The van der Waals surface area contributed by atoms with E-state index in [9.17, 15) is 13.2 Å². The molecular weight excluding hydrogens is 488 g/mol. The van der Waals surface area contributed by atoms with Crippen LogP contribution in [-0.2, 0) is 14.6 Å². The number of rotatable bonds is 7. The Morgan fingerprint density at radius 1 is 1.03 bits per heavy atom. The summed E-state index contributed by atoms with van der Waals surface area (Å²) in [6.45, 7) is 6.35. The predicted octanol–water partition coefficient (Wildman–Crippen LogP) is 3.77. The van der Waals surface area contributed by atoms with Crippen LogP contribution in [0, 0.1) is 19.3 Å². The van der Waals surface area contributed by atoms with Gasteiger partial charge in [0.1, 0.15) is 24.7 Å². The number of aryl methyl sites for hydroxylation is 2. The molecule has 9 nitrogen and oxygen atoms in total. The maximum atomic E-state index is 12.5. The van der Waals surface area contributed by atoms with Crippen LogP contribution < -0.4 is 9.47 Å². The molecule has 0 saturated carbocycles. The summed E-state index contributed by atoms with van der Waals surface area (Å²) < 4.78 is 35.5. The lowest BCUT2D eigenvalue weighted by molar-refractivity contribution is -0.114. The van der Waals surface area contributed by atoms with E-state index in [1.54, 1.807) is 24.3 Å². The average Bonchev–Trinajstić information content (AvgIpc) is 3.28. The van der Waals surface area contributed by atoms with Crippen molar-refractivity contribution in [3.63, 3.8) is 0 Å². The van der Waals surface area contributed by atoms with Crippen LogP contribution in [0.2, 0.25) is 0 Å². The summed E-state index contributed by atoms with van der Waals surface area (Å²) in [6, 6.07) is 12.9. The summed E-state index contributed by atoms with van der Waals surface area (Å²) in [5.74, 6) is 0.455. The lowest BCUT2D eigenvalue weighted by Gasteiger charge is -2.20. The lowest BCUT2D eigenvalue weighted by Crippen LogP contribution is -2.35. The van der Waals surface area contributed by atoms with Crippen LogP contribution in [0.5, 0.6) is 11.5 Å². The van der Waals surface area contributed by atoms with E-state index in [-0.39, 0.29) is 26.7 Å². The van der Waals surface area contributed by atoms with Gasteiger partial charge in [-0.1, -0.05) is 25.1 Å². The molecule has 0 fully saturated rings. The van der Waals surface area contributed by atoms with Crippen molar-refractivity contribution < 1.29 is 22.7 Å². The molecule has 182 valence electrons. The highest BCUT2D eigenvalue weighted by Gasteiger charge is 2.39. The number of amidine groups is 2. The maximum Gasteiger partial charge on any atom is 0.283 e. The van der Waals surface area contributed by atoms with Gasteiger partial charge in [0, 0.05) is 0 Å². The van der Waals surface area contributed by atoms with Crippen molar-refractivity contribution in [1.29, 1.82) is 5.41 Å². The van der Waals surface area contributed by atoms with Crippen molar-refractivity contribution in [3.05, 3.63) is 64.7 Å². The quantitative estimate of drug-likeness (QED) is 0.443. The Hall–Kier alpha value is -3.44. The van der Waals surface area contributed by atoms with Gasteiger partial charge in [-0.15, -0.1) is 5.10 Å². The molecule has 0 unspecified atom stereocenters. The Kier molecular flexibility index (Phi) is 7.08. The number of nitrogens with zero attached hydrogens (tertiary/aromatic N) is 3. The standard InChI is InChI=1S/C24H24N4O5S2/c1-4-35(30,31)24-27-28-21(25)20(22(29)26-23(28)34-24)14-17-6-9-18(10-7-17)32-11-12-33-19-8-5-15(2)16(3)13-19/h5-10,13-14,25H,4,11-12H2,1-3H3/b20-14+,25-21?. The summed E-state index contributed by atoms with van der Waals surface area (Å²) >= 11 is 0.775. The van der Waals surface area contributed by atoms with Gasteiger partial charge in [-0.05, 0) is 72.6 Å². The van der Waals surface area contributed by atoms with Crippen LogP contribution in [0.25, 0.3) is 6.08 Å². The number of carbonyl (C=O) groups excluding carboxylic acids is 1. The number of thioether (sulfide) groups is 1. The first-order chi connectivity index (χ1) is 16.7. The molecule has 4 rings (SSSR count). The van der Waals surface area contributed by atoms with Gasteiger partial charge >= 0.3 is 0 Å². The Morgan fingerprint density at radius 3 is 2.34 bits per heavy atom. The molecule has 0 aliphatic carbocycles. The first-order valence-electron chi connectivity index (χ1n) is 10.8. The van der Waals surface area contributed by atoms with Gasteiger partial charge in [0.2, 0.25) is 19.4 Å². The summed E-state index contributed by atoms with van der Waals surface area (Å²) in [4.78, 5) is 16.4. The fourth-order valence-electron chi connectivity index (χ4n) is 3.17. The Labute approximate surface area is 208 Å². The maximum absolute atomic E-state index is 12.5. The topological polar surface area (TPSA) is 121 Å². The molecule has 2 aromatic rings. The third-order valence-electron chi connectivity index (χ3n) is 5.37. The molecule has 2 heterocycles. The molecule has 1 amide bonds. The fraction of sp³-hybridized carbons (Fsp3) is 0.250. The number of fused-ring (bicyclic) bond motifs is 1. The number of ether oxygens (including phenoxy) is 2. The Balaban J connectivity index is 1.38. The van der Waals surface area contributed by atoms with Gasteiger partial charge in [-0.3, -0.25) is 10.2 Å². The number of hydrogen-bond donors (Lipinski definition) is 1. The smallest absolute Gasteiger partial charge is 0.283 e. The predicted molar refractivity (Wildman–Crippen MR) is 138 cm³/mol. The fourth-order valence-corrected chi connectivity index (χ4v) is 5.34. The second-order valence-corrected chi connectivity index (χ2v) is 11.2. The van der Waals surface area contributed by atoms with E-state index >= 15 is 0 Å². The van der Waals surface area contributed by atoms with Crippen LogP contribution in [-0.4, -0.2) is 53.7 Å². The van der Waals surface area contributed by atoms with Gasteiger partial charge in [0.15, 0.2) is 5.84 Å². The van der Waals surface area contributed by atoms with Crippen molar-refractivity contribution >= 4 is 49.0 Å². The van der Waals surface area contributed by atoms with Crippen molar-refractivity contribution in [1.82, 2.24) is 5.01 Å². The van der Waals surface area contributed by atoms with E-state index in [1.807, 2.05) is 25.1 Å². The number of benzene rings is 2. The van der Waals surface area contributed by atoms with Crippen LogP contribution in [0.15, 0.2) is 58.1 Å². The first kappa shape index (κ1) is 24.7. The van der Waals surface area contributed by atoms with E-state index in [0.29, 0.717) is 24.5 Å². The first-order valence-corrected chi connectivity index (χ1v) is 13.3. The van der Waals surface area contributed by atoms with Crippen LogP contribution in [0.4, 0.5) is 0 Å². The normalized spacial score (nSPS) is 16.8. The number of amides is 1. The zero-order valence-electron chi connectivity index (χ0n) is 19.4. The van der Waals surface area contributed by atoms with Crippen molar-refractivity contribution in [2.75, 3.05) is 19.0 Å². The number of hydrogen-bond acceptors (Lipinski definition) is 8. The second kappa shape index (κ2) is 10.0. The largest absolute Gasteiger partial charge is 0.490 e. The Morgan fingerprint density at radius 2 is 1.69 bits per heavy atom. The molecule has 2 aliphatic heterocycles. The zero-order valence-corrected chi connectivity index (χ0v) is 21.1. The SMILES string of the molecule is CCS(=O)(=O)C1=NN2C(=N)/C(=C\c3ccc(OCCOc4ccc(C)c(C)c4)cc3)C(=O)N=C2S1. The van der Waals surface area contributed by atoms with Gasteiger partial charge in [-0.2, -0.15) is 10.0 Å². The average molecular weight is 513 g/mol. The van der Waals surface area contributed by atoms with Crippen molar-refractivity contribution in [2.24, 2.45) is 10.1 Å². The van der Waals surface area contributed by atoms with E-state index in [1.165, 1.54) is 24.1 Å². The summed E-state index contributed by atoms with van der Waals surface area (Å²) in [6.07, 6.45) is 1.52. The third-order valence-corrected chi connectivity index (χ3v) is 8.46. The highest BCUT2D eigenvalue weighted by Crippen LogP contribution is 2.30. The highest BCUT2D eigenvalue weighted by atomic mass is 32.3. The van der Waals surface area contributed by atoms with Gasteiger partial charge in [-0.25, -0.2) is 8.42 Å². The molecule has 0 aromatic heterocycles. The van der Waals surface area contributed by atoms with Crippen molar-refractivity contribution in [2.45, 2.75) is 20.8 Å². The van der Waals surface area contributed by atoms with E-state index in [4.69, 9.17) is 14.9 Å². The Bertz CT molecular complexity index is 1380. The molecule has 2 aromatic carbocycles. The van der Waals surface area contributed by atoms with Gasteiger partial charge < -0.3 is 9.47 Å². The van der Waals surface area contributed by atoms with Gasteiger partial charge in [0.25, 0.3) is 5.91 Å². The van der Waals surface area contributed by atoms with E-state index in [2.05, 4.69) is 17.0 Å². The molecule has 2 aliphatic rings. The molecule has 0 spiro atoms. The molecule has 0 bridgehead atoms. The molecule has 1 N–H and O–H groups in total. The van der Waals surface area contributed by atoms with Crippen LogP contribution in [0.1, 0.15) is 23.6 Å². The second-order valence-electron chi connectivity index (χ2n) is 7.80. The summed E-state index contributed by atoms with van der Waals surface area (Å²) in [5, 5.41) is 13.5. The monoisotopic (exact) mass is 512 g/mol. The minimum atomic E-state index is -3.57. The minimum absolute atomic E-state index is 0.0173. The molecule has 11 heteroatoms. The van der Waals surface area contributed by atoms with Crippen LogP contribution in [0.3, 0.4) is 0 Å². The highest BCUT2D eigenvalue weighted by molar-refractivity contribution is 8.42. The summed E-state index contributed by atoms with van der Waals surface area (Å²) in [7, 11) is -3.57. The molecule has 0 radical (unpaired) electrons. The number of hydrazone groups is 1. The van der Waals surface area contributed by atoms with Crippen LogP contribution >= 0.6 is 11.8 Å². The van der Waals surface area contributed by atoms with Gasteiger partial charge in [0.05, 0.1) is 11.3 Å². The number of sulfone groups is 1. The molecule has 0 saturated heterocycles. The molecule has 0 atom stereocenters.